The highest BCUT2D eigenvalue weighted by molar-refractivity contribution is 14.1. The Balaban J connectivity index is 2.85. The van der Waals surface area contributed by atoms with Crippen molar-refractivity contribution in [2.24, 2.45) is 0 Å². The highest BCUT2D eigenvalue weighted by atomic mass is 127. The molecule has 4 heteroatoms. The molecule has 0 N–H and O–H groups in total. The van der Waals surface area contributed by atoms with E-state index >= 15 is 0 Å². The number of aromatic nitrogens is 2. The SMILES string of the molecule is CCCC/C=C(/I)c1nc(Br)cnc1C. The molecule has 0 saturated heterocycles. The Labute approximate surface area is 113 Å². The third kappa shape index (κ3) is 4.18. The molecule has 1 aromatic heterocycles. The Bertz CT molecular complexity index is 364. The predicted octanol–water partition coefficient (Wildman–Crippen LogP) is 4.51. The average Bonchev–Trinajstić information content (AvgIpc) is 2.22. The summed E-state index contributed by atoms with van der Waals surface area (Å²) < 4.78 is 1.98. The average molecular weight is 381 g/mol. The summed E-state index contributed by atoms with van der Waals surface area (Å²) in [4.78, 5) is 8.70. The fourth-order valence-electron chi connectivity index (χ4n) is 1.18. The minimum Gasteiger partial charge on any atom is -0.256 e. The molecule has 0 fully saturated rings. The molecule has 0 unspecified atom stereocenters. The van der Waals surface area contributed by atoms with Crippen LogP contribution in [-0.4, -0.2) is 9.97 Å². The van der Waals surface area contributed by atoms with Crippen molar-refractivity contribution in [1.82, 2.24) is 9.97 Å². The summed E-state index contributed by atoms with van der Waals surface area (Å²) >= 11 is 5.67. The van der Waals surface area contributed by atoms with E-state index in [9.17, 15) is 0 Å². The van der Waals surface area contributed by atoms with E-state index in [1.54, 1.807) is 6.20 Å². The van der Waals surface area contributed by atoms with Crippen LogP contribution in [0.4, 0.5) is 0 Å². The van der Waals surface area contributed by atoms with Crippen LogP contribution >= 0.6 is 38.5 Å². The molecule has 1 rings (SSSR count). The van der Waals surface area contributed by atoms with Crippen molar-refractivity contribution in [3.8, 4) is 0 Å². The maximum atomic E-state index is 4.43. The minimum atomic E-state index is 0.793. The molecule has 2 nitrogen and oxygen atoms in total. The van der Waals surface area contributed by atoms with Gasteiger partial charge in [0, 0.05) is 3.58 Å². The molecular weight excluding hydrogens is 367 g/mol. The number of aryl methyl sites for hydroxylation is 1. The highest BCUT2D eigenvalue weighted by Gasteiger charge is 2.05. The molecule has 1 aromatic rings. The Kier molecular flexibility index (Phi) is 5.74. The van der Waals surface area contributed by atoms with Gasteiger partial charge >= 0.3 is 0 Å². The van der Waals surface area contributed by atoms with Gasteiger partial charge in [-0.1, -0.05) is 25.8 Å². The van der Waals surface area contributed by atoms with E-state index in [0.29, 0.717) is 0 Å². The first kappa shape index (κ1) is 13.1. The van der Waals surface area contributed by atoms with Gasteiger partial charge in [-0.3, -0.25) is 4.98 Å². The molecule has 0 aliphatic carbocycles. The minimum absolute atomic E-state index is 0.793. The van der Waals surface area contributed by atoms with Crippen LogP contribution in [0.3, 0.4) is 0 Å². The summed E-state index contributed by atoms with van der Waals surface area (Å²) in [5.41, 5.74) is 1.97. The van der Waals surface area contributed by atoms with Crippen LogP contribution in [0.5, 0.6) is 0 Å². The lowest BCUT2D eigenvalue weighted by molar-refractivity contribution is 0.816. The number of allylic oxidation sites excluding steroid dienone is 1. The van der Waals surface area contributed by atoms with Crippen LogP contribution < -0.4 is 0 Å². The Hall–Kier alpha value is 0.0300. The Morgan fingerprint density at radius 1 is 1.60 bits per heavy atom. The topological polar surface area (TPSA) is 25.8 Å². The molecule has 15 heavy (non-hydrogen) atoms. The number of halogens is 2. The van der Waals surface area contributed by atoms with E-state index in [1.165, 1.54) is 16.4 Å². The van der Waals surface area contributed by atoms with Gasteiger partial charge in [0.1, 0.15) is 4.60 Å². The normalized spacial score (nSPS) is 11.9. The first-order valence-corrected chi connectivity index (χ1v) is 6.87. The van der Waals surface area contributed by atoms with E-state index in [0.717, 1.165) is 22.4 Å². The molecule has 0 aromatic carbocycles. The molecule has 0 spiro atoms. The van der Waals surface area contributed by atoms with E-state index < -0.39 is 0 Å². The molecule has 1 heterocycles. The third-order valence-corrected chi connectivity index (χ3v) is 3.37. The molecule has 0 atom stereocenters. The standard InChI is InChI=1S/C11H14BrIN2/c1-3-4-5-6-9(13)11-8(2)14-7-10(12)15-11/h6-7H,3-5H2,1-2H3/b9-6+. The van der Waals surface area contributed by atoms with E-state index in [2.05, 4.69) is 61.5 Å². The lowest BCUT2D eigenvalue weighted by Crippen LogP contribution is -1.93. The largest absolute Gasteiger partial charge is 0.256 e. The third-order valence-electron chi connectivity index (χ3n) is 2.03. The van der Waals surface area contributed by atoms with Gasteiger partial charge in [0.15, 0.2) is 0 Å². The van der Waals surface area contributed by atoms with Crippen molar-refractivity contribution < 1.29 is 0 Å². The number of hydrogen-bond donors (Lipinski definition) is 0. The smallest absolute Gasteiger partial charge is 0.125 e. The summed E-state index contributed by atoms with van der Waals surface area (Å²) in [5.74, 6) is 0. The van der Waals surface area contributed by atoms with Crippen LogP contribution in [0.2, 0.25) is 0 Å². The zero-order valence-electron chi connectivity index (χ0n) is 8.93. The number of rotatable bonds is 4. The monoisotopic (exact) mass is 380 g/mol. The zero-order chi connectivity index (χ0) is 11.3. The van der Waals surface area contributed by atoms with Crippen molar-refractivity contribution in [3.05, 3.63) is 28.3 Å². The summed E-state index contributed by atoms with van der Waals surface area (Å²) in [5, 5.41) is 0. The summed E-state index contributed by atoms with van der Waals surface area (Å²) in [6.07, 6.45) is 7.53. The van der Waals surface area contributed by atoms with Gasteiger partial charge in [0.25, 0.3) is 0 Å². The lowest BCUT2D eigenvalue weighted by atomic mass is 10.2. The van der Waals surface area contributed by atoms with Crippen LogP contribution in [0, 0.1) is 6.92 Å². The van der Waals surface area contributed by atoms with Gasteiger partial charge < -0.3 is 0 Å². The molecule has 0 amide bonds. The van der Waals surface area contributed by atoms with Crippen molar-refractivity contribution in [2.75, 3.05) is 0 Å². The fourth-order valence-corrected chi connectivity index (χ4v) is 2.29. The predicted molar refractivity (Wildman–Crippen MR) is 76.0 cm³/mol. The Morgan fingerprint density at radius 2 is 2.33 bits per heavy atom. The van der Waals surface area contributed by atoms with Crippen molar-refractivity contribution in [1.29, 1.82) is 0 Å². The molecular formula is C11H14BrIN2. The van der Waals surface area contributed by atoms with Gasteiger partial charge in [0.2, 0.25) is 0 Å². The molecule has 0 bridgehead atoms. The maximum Gasteiger partial charge on any atom is 0.125 e. The van der Waals surface area contributed by atoms with Crippen LogP contribution in [0.15, 0.2) is 16.9 Å². The van der Waals surface area contributed by atoms with Gasteiger partial charge in [-0.05, 0) is 51.9 Å². The molecule has 0 aliphatic rings. The van der Waals surface area contributed by atoms with E-state index in [4.69, 9.17) is 0 Å². The molecule has 82 valence electrons. The van der Waals surface area contributed by atoms with Crippen LogP contribution in [0.1, 0.15) is 37.6 Å². The number of nitrogens with zero attached hydrogens (tertiary/aromatic N) is 2. The van der Waals surface area contributed by atoms with E-state index in [1.807, 2.05) is 6.92 Å². The van der Waals surface area contributed by atoms with Gasteiger partial charge in [0.05, 0.1) is 17.6 Å². The highest BCUT2D eigenvalue weighted by Crippen LogP contribution is 2.24. The van der Waals surface area contributed by atoms with Gasteiger partial charge in [-0.15, -0.1) is 0 Å². The molecule has 0 saturated carbocycles. The van der Waals surface area contributed by atoms with E-state index in [-0.39, 0.29) is 0 Å². The summed E-state index contributed by atoms with van der Waals surface area (Å²) in [7, 11) is 0. The second-order valence-corrected chi connectivity index (χ2v) is 5.30. The second kappa shape index (κ2) is 6.58. The maximum absolute atomic E-state index is 4.43. The first-order valence-electron chi connectivity index (χ1n) is 5.00. The summed E-state index contributed by atoms with van der Waals surface area (Å²) in [6.45, 7) is 4.19. The van der Waals surface area contributed by atoms with Crippen molar-refractivity contribution >= 4 is 42.1 Å². The van der Waals surface area contributed by atoms with Gasteiger partial charge in [-0.25, -0.2) is 4.98 Å². The second-order valence-electron chi connectivity index (χ2n) is 3.32. The van der Waals surface area contributed by atoms with Gasteiger partial charge in [-0.2, -0.15) is 0 Å². The number of unbranched alkanes of at least 4 members (excludes halogenated alkanes) is 2. The quantitative estimate of drug-likeness (QED) is 0.567. The first-order chi connectivity index (χ1) is 7.15. The van der Waals surface area contributed by atoms with Crippen LogP contribution in [0.25, 0.3) is 3.58 Å². The van der Waals surface area contributed by atoms with Crippen LogP contribution in [-0.2, 0) is 0 Å². The number of hydrogen-bond acceptors (Lipinski definition) is 2. The Morgan fingerprint density at radius 3 is 3.00 bits per heavy atom. The summed E-state index contributed by atoms with van der Waals surface area (Å²) in [6, 6.07) is 0. The molecule has 0 radical (unpaired) electrons. The zero-order valence-corrected chi connectivity index (χ0v) is 12.7. The molecule has 0 aliphatic heterocycles. The van der Waals surface area contributed by atoms with Crippen molar-refractivity contribution in [2.45, 2.75) is 33.1 Å². The lowest BCUT2D eigenvalue weighted by Gasteiger charge is -2.03. The van der Waals surface area contributed by atoms with Crippen molar-refractivity contribution in [3.63, 3.8) is 0 Å². The fraction of sp³-hybridized carbons (Fsp3) is 0.455.